The van der Waals surface area contributed by atoms with Crippen molar-refractivity contribution in [2.45, 2.75) is 31.4 Å². The first-order chi connectivity index (χ1) is 12.6. The normalized spacial score (nSPS) is 24.8. The summed E-state index contributed by atoms with van der Waals surface area (Å²) in [5.74, 6) is -0.343. The number of benzene rings is 1. The molecule has 0 radical (unpaired) electrons. The summed E-state index contributed by atoms with van der Waals surface area (Å²) in [6, 6.07) is 8.33. The predicted octanol–water partition coefficient (Wildman–Crippen LogP) is 3.68. The average molecular weight is 374 g/mol. The molecule has 3 heterocycles. The van der Waals surface area contributed by atoms with E-state index in [0.29, 0.717) is 6.54 Å². The molecular formula is C20H23FN2O2S. The SMILES string of the molecule is O=C1COC2(CCCN(Cc3ccsc3)CC2)CN1c1ccc(F)cc1. The molecule has 2 aliphatic heterocycles. The van der Waals surface area contributed by atoms with E-state index in [-0.39, 0.29) is 23.9 Å². The number of morpholine rings is 1. The summed E-state index contributed by atoms with van der Waals surface area (Å²) in [7, 11) is 0. The molecule has 0 bridgehead atoms. The number of rotatable bonds is 3. The van der Waals surface area contributed by atoms with Gasteiger partial charge in [-0.2, -0.15) is 11.3 Å². The Morgan fingerprint density at radius 1 is 1.15 bits per heavy atom. The molecule has 2 fully saturated rings. The lowest BCUT2D eigenvalue weighted by molar-refractivity contribution is -0.140. The molecule has 1 unspecified atom stereocenters. The highest BCUT2D eigenvalue weighted by atomic mass is 32.1. The zero-order valence-corrected chi connectivity index (χ0v) is 15.5. The lowest BCUT2D eigenvalue weighted by Crippen LogP contribution is -2.55. The van der Waals surface area contributed by atoms with Gasteiger partial charge in [0.2, 0.25) is 0 Å². The molecule has 1 atom stereocenters. The van der Waals surface area contributed by atoms with Gasteiger partial charge in [0.05, 0.1) is 12.1 Å². The zero-order valence-electron chi connectivity index (χ0n) is 14.7. The summed E-state index contributed by atoms with van der Waals surface area (Å²) >= 11 is 1.73. The van der Waals surface area contributed by atoms with Crippen LogP contribution in [0.15, 0.2) is 41.1 Å². The third-order valence-corrected chi connectivity index (χ3v) is 6.10. The molecule has 0 aliphatic carbocycles. The molecule has 0 saturated carbocycles. The number of ether oxygens (including phenoxy) is 1. The van der Waals surface area contributed by atoms with E-state index in [0.717, 1.165) is 44.6 Å². The van der Waals surface area contributed by atoms with Crippen molar-refractivity contribution in [2.75, 3.05) is 31.1 Å². The van der Waals surface area contributed by atoms with Crippen molar-refractivity contribution in [1.29, 1.82) is 0 Å². The van der Waals surface area contributed by atoms with Gasteiger partial charge < -0.3 is 9.64 Å². The number of hydrogen-bond acceptors (Lipinski definition) is 4. The number of likely N-dealkylation sites (tertiary alicyclic amines) is 1. The zero-order chi connectivity index (χ0) is 18.0. The highest BCUT2D eigenvalue weighted by Gasteiger charge is 2.41. The Bertz CT molecular complexity index is 750. The van der Waals surface area contributed by atoms with Crippen LogP contribution in [-0.2, 0) is 16.1 Å². The number of nitrogens with zero attached hydrogens (tertiary/aromatic N) is 2. The number of hydrogen-bond donors (Lipinski definition) is 0. The van der Waals surface area contributed by atoms with Gasteiger partial charge in [-0.15, -0.1) is 0 Å². The van der Waals surface area contributed by atoms with Gasteiger partial charge in [-0.3, -0.25) is 9.69 Å². The molecule has 1 aromatic carbocycles. The van der Waals surface area contributed by atoms with Crippen LogP contribution < -0.4 is 4.90 Å². The van der Waals surface area contributed by atoms with Gasteiger partial charge in [-0.1, -0.05) is 0 Å². The molecule has 0 N–H and O–H groups in total. The third kappa shape index (κ3) is 3.82. The van der Waals surface area contributed by atoms with Gasteiger partial charge in [0.1, 0.15) is 12.4 Å². The van der Waals surface area contributed by atoms with E-state index in [1.165, 1.54) is 17.7 Å². The van der Waals surface area contributed by atoms with E-state index >= 15 is 0 Å². The van der Waals surface area contributed by atoms with Crippen LogP contribution >= 0.6 is 11.3 Å². The predicted molar refractivity (Wildman–Crippen MR) is 101 cm³/mol. The van der Waals surface area contributed by atoms with Crippen LogP contribution in [0.25, 0.3) is 0 Å². The van der Waals surface area contributed by atoms with E-state index in [4.69, 9.17) is 4.74 Å². The first-order valence-corrected chi connectivity index (χ1v) is 10.0. The average Bonchev–Trinajstić information content (AvgIpc) is 3.08. The first kappa shape index (κ1) is 17.6. The van der Waals surface area contributed by atoms with E-state index in [9.17, 15) is 9.18 Å². The molecule has 4 rings (SSSR count). The van der Waals surface area contributed by atoms with Crippen molar-refractivity contribution in [1.82, 2.24) is 4.90 Å². The molecule has 138 valence electrons. The monoisotopic (exact) mass is 374 g/mol. The Kier molecular flexibility index (Phi) is 5.07. The number of carbonyl (C=O) groups excluding carboxylic acids is 1. The van der Waals surface area contributed by atoms with E-state index in [2.05, 4.69) is 21.7 Å². The molecule has 6 heteroatoms. The molecule has 1 spiro atoms. The maximum atomic E-state index is 13.2. The standard InChI is InChI=1S/C20H23FN2O2S/c21-17-2-4-18(5-3-17)23-15-20(25-13-19(23)24)7-1-9-22(10-8-20)12-16-6-11-26-14-16/h2-6,11,14H,1,7-10,12-13,15H2. The first-order valence-electron chi connectivity index (χ1n) is 9.07. The van der Waals surface area contributed by atoms with Crippen molar-refractivity contribution < 1.29 is 13.9 Å². The number of halogens is 1. The maximum absolute atomic E-state index is 13.2. The van der Waals surface area contributed by atoms with Crippen molar-refractivity contribution >= 4 is 22.9 Å². The molecule has 1 aromatic heterocycles. The van der Waals surface area contributed by atoms with Crippen LogP contribution in [0.4, 0.5) is 10.1 Å². The summed E-state index contributed by atoms with van der Waals surface area (Å²) in [6.07, 6.45) is 2.90. The van der Waals surface area contributed by atoms with Gasteiger partial charge >= 0.3 is 0 Å². The summed E-state index contributed by atoms with van der Waals surface area (Å²) in [6.45, 7) is 3.62. The quantitative estimate of drug-likeness (QED) is 0.822. The molecule has 2 aliphatic rings. The number of anilines is 1. The Hall–Kier alpha value is -1.76. The summed E-state index contributed by atoms with van der Waals surface area (Å²) in [4.78, 5) is 16.6. The molecule has 2 aromatic rings. The fraction of sp³-hybridized carbons (Fsp3) is 0.450. The second-order valence-corrected chi connectivity index (χ2v) is 7.97. The van der Waals surface area contributed by atoms with Gasteiger partial charge in [0, 0.05) is 18.8 Å². The minimum Gasteiger partial charge on any atom is -0.363 e. The maximum Gasteiger partial charge on any atom is 0.253 e. The molecule has 4 nitrogen and oxygen atoms in total. The largest absolute Gasteiger partial charge is 0.363 e. The van der Waals surface area contributed by atoms with Crippen molar-refractivity contribution in [3.05, 3.63) is 52.5 Å². The van der Waals surface area contributed by atoms with Gasteiger partial charge in [-0.25, -0.2) is 4.39 Å². The second kappa shape index (κ2) is 7.47. The smallest absolute Gasteiger partial charge is 0.253 e. The minimum absolute atomic E-state index is 0.0541. The number of thiophene rings is 1. The van der Waals surface area contributed by atoms with Gasteiger partial charge in [0.15, 0.2) is 0 Å². The molecule has 26 heavy (non-hydrogen) atoms. The Balaban J connectivity index is 1.45. The lowest BCUT2D eigenvalue weighted by Gasteiger charge is -2.42. The number of carbonyl (C=O) groups is 1. The van der Waals surface area contributed by atoms with Crippen LogP contribution in [0.1, 0.15) is 24.8 Å². The second-order valence-electron chi connectivity index (χ2n) is 7.19. The van der Waals surface area contributed by atoms with E-state index in [1.54, 1.807) is 28.4 Å². The summed E-state index contributed by atoms with van der Waals surface area (Å²) < 4.78 is 19.3. The fourth-order valence-corrected chi connectivity index (χ4v) is 4.56. The van der Waals surface area contributed by atoms with E-state index in [1.807, 2.05) is 0 Å². The minimum atomic E-state index is -0.300. The van der Waals surface area contributed by atoms with Crippen molar-refractivity contribution in [2.24, 2.45) is 0 Å². The highest BCUT2D eigenvalue weighted by Crippen LogP contribution is 2.33. The van der Waals surface area contributed by atoms with E-state index < -0.39 is 0 Å². The van der Waals surface area contributed by atoms with Crippen LogP contribution in [0, 0.1) is 5.82 Å². The topological polar surface area (TPSA) is 32.8 Å². The molecular weight excluding hydrogens is 351 g/mol. The van der Waals surface area contributed by atoms with Gasteiger partial charge in [0.25, 0.3) is 5.91 Å². The fourth-order valence-electron chi connectivity index (χ4n) is 3.90. The molecule has 1 amide bonds. The Labute approximate surface area is 157 Å². The molecule has 2 saturated heterocycles. The Morgan fingerprint density at radius 2 is 2.00 bits per heavy atom. The van der Waals surface area contributed by atoms with Crippen LogP contribution in [-0.4, -0.2) is 42.6 Å². The summed E-state index contributed by atoms with van der Waals surface area (Å²) in [5.41, 5.74) is 1.81. The highest BCUT2D eigenvalue weighted by molar-refractivity contribution is 7.07. The van der Waals surface area contributed by atoms with Crippen LogP contribution in [0.3, 0.4) is 0 Å². The Morgan fingerprint density at radius 3 is 2.77 bits per heavy atom. The van der Waals surface area contributed by atoms with Gasteiger partial charge in [-0.05, 0) is 72.5 Å². The van der Waals surface area contributed by atoms with Crippen LogP contribution in [0.5, 0.6) is 0 Å². The van der Waals surface area contributed by atoms with Crippen LogP contribution in [0.2, 0.25) is 0 Å². The van der Waals surface area contributed by atoms with Crippen molar-refractivity contribution in [3.63, 3.8) is 0 Å². The number of amides is 1. The lowest BCUT2D eigenvalue weighted by atomic mass is 9.92. The summed E-state index contributed by atoms with van der Waals surface area (Å²) in [5, 5.41) is 4.32. The van der Waals surface area contributed by atoms with Crippen molar-refractivity contribution in [3.8, 4) is 0 Å². The third-order valence-electron chi connectivity index (χ3n) is 5.36.